The van der Waals surface area contributed by atoms with Gasteiger partial charge in [-0.3, -0.25) is 0 Å². The second-order valence-corrected chi connectivity index (χ2v) is 10.2. The molecule has 1 fully saturated rings. The van der Waals surface area contributed by atoms with Crippen LogP contribution in [0, 0.1) is 0 Å². The first kappa shape index (κ1) is 17.2. The molecule has 1 rings (SSSR count). The van der Waals surface area contributed by atoms with Crippen molar-refractivity contribution in [3.8, 4) is 0 Å². The molecule has 1 aliphatic carbocycles. The first-order chi connectivity index (χ1) is 8.62. The zero-order chi connectivity index (χ0) is 13.4. The maximum Gasteiger partial charge on any atom is 0.230 e. The first-order valence-electron chi connectivity index (χ1n) is 5.49. The number of thiocarbonyl (C=S) groups is 2. The van der Waals surface area contributed by atoms with E-state index in [2.05, 4.69) is 0 Å². The van der Waals surface area contributed by atoms with E-state index in [0.29, 0.717) is 8.77 Å². The molecule has 2 nitrogen and oxygen atoms in total. The van der Waals surface area contributed by atoms with Crippen LogP contribution in [-0.2, 0) is 9.47 Å². The topological polar surface area (TPSA) is 18.5 Å². The van der Waals surface area contributed by atoms with Crippen molar-refractivity contribution in [2.24, 2.45) is 0 Å². The summed E-state index contributed by atoms with van der Waals surface area (Å²) in [6.45, 7) is 0. The molecular weight excluding hydrogens is 345 g/mol. The van der Waals surface area contributed by atoms with Crippen molar-refractivity contribution in [3.63, 3.8) is 0 Å². The molecule has 0 N–H and O–H groups in total. The van der Waals surface area contributed by atoms with E-state index in [9.17, 15) is 0 Å². The molecule has 1 saturated carbocycles. The van der Waals surface area contributed by atoms with Crippen molar-refractivity contribution in [1.29, 1.82) is 0 Å². The minimum Gasteiger partial charge on any atom is -0.481 e. The van der Waals surface area contributed by atoms with E-state index in [1.807, 2.05) is 21.6 Å². The van der Waals surface area contributed by atoms with Crippen molar-refractivity contribution in [2.45, 2.75) is 36.2 Å². The highest BCUT2D eigenvalue weighted by Crippen LogP contribution is 2.57. The van der Waals surface area contributed by atoms with Gasteiger partial charge >= 0.3 is 0 Å². The van der Waals surface area contributed by atoms with E-state index in [4.69, 9.17) is 33.9 Å². The normalized spacial score (nSPS) is 18.1. The minimum atomic E-state index is 0.165. The zero-order valence-electron chi connectivity index (χ0n) is 10.3. The molecule has 0 amide bonds. The van der Waals surface area contributed by atoms with Crippen molar-refractivity contribution < 1.29 is 9.47 Å². The zero-order valence-corrected chi connectivity index (χ0v) is 15.2. The molecule has 0 aromatic heterocycles. The second kappa shape index (κ2) is 9.18. The number of methoxy groups -OCH3 is 2. The molecule has 104 valence electrons. The van der Waals surface area contributed by atoms with Gasteiger partial charge in [0.1, 0.15) is 0 Å². The fourth-order valence-electron chi connectivity index (χ4n) is 1.56. The Morgan fingerprint density at radius 3 is 1.72 bits per heavy atom. The van der Waals surface area contributed by atoms with Gasteiger partial charge in [0.15, 0.2) is 0 Å². The highest BCUT2D eigenvalue weighted by Gasteiger charge is 2.35. The Bertz CT molecular complexity index is 268. The van der Waals surface area contributed by atoms with Gasteiger partial charge < -0.3 is 9.47 Å². The van der Waals surface area contributed by atoms with Gasteiger partial charge in [0.05, 0.1) is 18.3 Å². The van der Waals surface area contributed by atoms with Crippen LogP contribution in [0.5, 0.6) is 0 Å². The van der Waals surface area contributed by atoms with E-state index in [-0.39, 0.29) is 4.08 Å². The van der Waals surface area contributed by atoms with Crippen LogP contribution in [0.4, 0.5) is 0 Å². The smallest absolute Gasteiger partial charge is 0.230 e. The lowest BCUT2D eigenvalue weighted by Crippen LogP contribution is -2.22. The average molecular weight is 361 g/mol. The molecular formula is C10H16O2S6. The van der Waals surface area contributed by atoms with Gasteiger partial charge in [-0.15, -0.1) is 0 Å². The SMILES string of the molecule is COC(=S)SSC1(SSC(=S)OC)CCCCC1. The lowest BCUT2D eigenvalue weighted by Gasteiger charge is -2.34. The molecule has 0 spiro atoms. The largest absolute Gasteiger partial charge is 0.481 e. The molecule has 0 bridgehead atoms. The van der Waals surface area contributed by atoms with E-state index in [0.717, 1.165) is 0 Å². The van der Waals surface area contributed by atoms with Crippen molar-refractivity contribution in [2.75, 3.05) is 14.2 Å². The Morgan fingerprint density at radius 2 is 1.33 bits per heavy atom. The van der Waals surface area contributed by atoms with Crippen LogP contribution in [0.1, 0.15) is 32.1 Å². The van der Waals surface area contributed by atoms with Crippen molar-refractivity contribution in [1.82, 2.24) is 0 Å². The average Bonchev–Trinajstić information content (AvgIpc) is 2.43. The summed E-state index contributed by atoms with van der Waals surface area (Å²) in [5.74, 6) is 0. The summed E-state index contributed by atoms with van der Waals surface area (Å²) < 4.78 is 11.4. The third-order valence-electron chi connectivity index (χ3n) is 2.47. The Labute approximate surface area is 135 Å². The van der Waals surface area contributed by atoms with Crippen LogP contribution in [0.2, 0.25) is 0 Å². The van der Waals surface area contributed by atoms with Gasteiger partial charge in [0.2, 0.25) is 8.77 Å². The van der Waals surface area contributed by atoms with Crippen molar-refractivity contribution >= 4 is 76.4 Å². The standard InChI is InChI=1S/C10H16O2S6/c1-11-8(13)15-17-10(6-4-3-5-7-10)18-16-9(14)12-2/h3-7H2,1-2H3. The number of ether oxygens (including phenoxy) is 2. The molecule has 8 heteroatoms. The Kier molecular flexibility index (Phi) is 8.79. The van der Waals surface area contributed by atoms with Gasteiger partial charge in [-0.1, -0.05) is 40.9 Å². The van der Waals surface area contributed by atoms with Gasteiger partial charge in [-0.2, -0.15) is 0 Å². The molecule has 0 aromatic rings. The molecule has 0 saturated heterocycles. The lowest BCUT2D eigenvalue weighted by molar-refractivity contribution is 0.426. The van der Waals surface area contributed by atoms with Crippen LogP contribution < -0.4 is 0 Å². The second-order valence-electron chi connectivity index (χ2n) is 3.71. The molecule has 0 aliphatic heterocycles. The summed E-state index contributed by atoms with van der Waals surface area (Å²) in [7, 11) is 9.95. The van der Waals surface area contributed by atoms with E-state index >= 15 is 0 Å². The maximum atomic E-state index is 5.09. The molecule has 1 aliphatic rings. The van der Waals surface area contributed by atoms with E-state index in [1.165, 1.54) is 32.1 Å². The minimum absolute atomic E-state index is 0.165. The maximum absolute atomic E-state index is 5.09. The van der Waals surface area contributed by atoms with Crippen LogP contribution in [0.15, 0.2) is 0 Å². The summed E-state index contributed by atoms with van der Waals surface area (Å²) in [6, 6.07) is 0. The molecule has 18 heavy (non-hydrogen) atoms. The summed E-state index contributed by atoms with van der Waals surface area (Å²) in [6.07, 6.45) is 6.21. The summed E-state index contributed by atoms with van der Waals surface area (Å²) in [5.41, 5.74) is 0. The van der Waals surface area contributed by atoms with E-state index < -0.39 is 0 Å². The highest BCUT2D eigenvalue weighted by molar-refractivity contribution is 8.91. The third-order valence-corrected chi connectivity index (χ3v) is 10.6. The van der Waals surface area contributed by atoms with E-state index in [1.54, 1.807) is 35.8 Å². The van der Waals surface area contributed by atoms with Crippen molar-refractivity contribution in [3.05, 3.63) is 0 Å². The number of rotatable bonds is 4. The third kappa shape index (κ3) is 6.09. The highest BCUT2D eigenvalue weighted by atomic mass is 33.1. The van der Waals surface area contributed by atoms with Crippen LogP contribution in [0.3, 0.4) is 0 Å². The molecule has 0 aromatic carbocycles. The number of hydrogen-bond donors (Lipinski definition) is 0. The quantitative estimate of drug-likeness (QED) is 0.378. The summed E-state index contributed by atoms with van der Waals surface area (Å²) in [4.78, 5) is 0. The van der Waals surface area contributed by atoms with Crippen LogP contribution in [0.25, 0.3) is 0 Å². The predicted octanol–water partition coefficient (Wildman–Crippen LogP) is 5.27. The summed E-state index contributed by atoms with van der Waals surface area (Å²) in [5, 5.41) is 0. The van der Waals surface area contributed by atoms with Gasteiger partial charge in [0, 0.05) is 0 Å². The first-order valence-corrected chi connectivity index (χ1v) is 10.6. The van der Waals surface area contributed by atoms with Gasteiger partial charge in [-0.05, 0) is 58.9 Å². The molecule has 0 atom stereocenters. The summed E-state index contributed by atoms with van der Waals surface area (Å²) >= 11 is 10.2. The monoisotopic (exact) mass is 360 g/mol. The Balaban J connectivity index is 2.51. The fraction of sp³-hybridized carbons (Fsp3) is 0.800. The Morgan fingerprint density at radius 1 is 0.889 bits per heavy atom. The van der Waals surface area contributed by atoms with Gasteiger partial charge in [-0.25, -0.2) is 0 Å². The van der Waals surface area contributed by atoms with Gasteiger partial charge in [0.25, 0.3) is 0 Å². The number of hydrogen-bond acceptors (Lipinski definition) is 8. The van der Waals surface area contributed by atoms with Crippen LogP contribution >= 0.6 is 67.6 Å². The van der Waals surface area contributed by atoms with Crippen LogP contribution in [-0.4, -0.2) is 27.1 Å². The predicted molar refractivity (Wildman–Crippen MR) is 95.4 cm³/mol. The fourth-order valence-corrected chi connectivity index (χ4v) is 8.11. The molecule has 0 heterocycles. The molecule has 0 unspecified atom stereocenters. The molecule has 0 radical (unpaired) electrons. The lowest BCUT2D eigenvalue weighted by atomic mass is 10.00. The Hall–Kier alpha value is 1.18.